The molecule has 0 aromatic heterocycles. The summed E-state index contributed by atoms with van der Waals surface area (Å²) < 4.78 is 13.7. The predicted octanol–water partition coefficient (Wildman–Crippen LogP) is 2.66. The molecule has 0 bridgehead atoms. The van der Waals surface area contributed by atoms with Crippen LogP contribution in [0.3, 0.4) is 0 Å². The average Bonchev–Trinajstić information content (AvgIpc) is 3.00. The van der Waals surface area contributed by atoms with Gasteiger partial charge in [0.1, 0.15) is 0 Å². The van der Waals surface area contributed by atoms with Gasteiger partial charge in [-0.25, -0.2) is 0 Å². The first-order valence-corrected chi connectivity index (χ1v) is 13.8. The molecule has 3 N–H and O–H groups in total. The van der Waals surface area contributed by atoms with Crippen molar-refractivity contribution in [1.29, 1.82) is 0 Å². The molecule has 3 aromatic rings. The second-order valence-corrected chi connectivity index (χ2v) is 10.2. The van der Waals surface area contributed by atoms with Crippen LogP contribution in [-0.4, -0.2) is 75.3 Å². The summed E-state index contributed by atoms with van der Waals surface area (Å²) in [6, 6.07) is 1.00. The average molecular weight is 762 g/mol. The second-order valence-electron chi connectivity index (χ2n) is 8.28. The molecular formula is C18H9AsN9O21+3. The third-order valence-electron chi connectivity index (χ3n) is 5.40. The topological polar surface area (TPSA) is 407 Å². The zero-order valence-electron chi connectivity index (χ0n) is 22.6. The van der Waals surface area contributed by atoms with Crippen molar-refractivity contribution < 1.29 is 71.1 Å². The van der Waals surface area contributed by atoms with Gasteiger partial charge in [-0.1, -0.05) is 0 Å². The van der Waals surface area contributed by atoms with Crippen LogP contribution in [0.5, 0.6) is 17.2 Å². The molecule has 0 unspecified atom stereocenters. The van der Waals surface area contributed by atoms with Crippen LogP contribution in [-0.2, 0) is 11.5 Å². The van der Waals surface area contributed by atoms with E-state index in [-0.39, 0.29) is 36.4 Å². The molecule has 0 spiro atoms. The van der Waals surface area contributed by atoms with Crippen molar-refractivity contribution in [2.75, 3.05) is 0 Å². The number of phenolic OH excluding ortho intramolecular Hbond substituents is 3. The van der Waals surface area contributed by atoms with E-state index in [1.807, 2.05) is 0 Å². The number of phenols is 3. The Morgan fingerprint density at radius 3 is 0.776 bits per heavy atom. The SMILES string of the molecule is O=[N+]([O-])c1cc([N+](=O)[O-])c(O)c([N+](=O)O[As](O[N+](=O)c2cc([N+](=O)[O-])cc([N+](=O)[O-])c2O)O[N+](=O)c2cc([N+](=O)[O-])cc([N+](=O)[O-])c2O)c1. The van der Waals surface area contributed by atoms with Crippen molar-refractivity contribution in [3.8, 4) is 17.2 Å². The van der Waals surface area contributed by atoms with E-state index < -0.39 is 128 Å². The molecule has 0 saturated carbocycles. The van der Waals surface area contributed by atoms with Crippen LogP contribution in [0, 0.1) is 75.4 Å². The predicted molar refractivity (Wildman–Crippen MR) is 143 cm³/mol. The molecule has 0 aliphatic rings. The van der Waals surface area contributed by atoms with Crippen molar-refractivity contribution in [2.24, 2.45) is 0 Å². The van der Waals surface area contributed by atoms with Crippen LogP contribution in [0.2, 0.25) is 0 Å². The van der Waals surface area contributed by atoms with E-state index in [9.17, 15) is 90.7 Å². The van der Waals surface area contributed by atoms with E-state index in [0.29, 0.717) is 0 Å². The number of hydrogen-bond donors (Lipinski definition) is 3. The number of benzene rings is 3. The fraction of sp³-hybridized carbons (Fsp3) is 0. The molecule has 3 rings (SSSR count). The summed E-state index contributed by atoms with van der Waals surface area (Å²) in [7, 11) is 0. The first-order chi connectivity index (χ1) is 22.7. The molecule has 0 fully saturated rings. The van der Waals surface area contributed by atoms with Gasteiger partial charge in [0.25, 0.3) is 0 Å². The summed E-state index contributed by atoms with van der Waals surface area (Å²) in [5.74, 6) is -4.93. The molecule has 0 aliphatic carbocycles. The first-order valence-electron chi connectivity index (χ1n) is 11.5. The third kappa shape index (κ3) is 7.55. The van der Waals surface area contributed by atoms with Gasteiger partial charge in [-0.2, -0.15) is 0 Å². The zero-order valence-corrected chi connectivity index (χ0v) is 24.5. The Bertz CT molecular complexity index is 1810. The van der Waals surface area contributed by atoms with Crippen LogP contribution < -0.4 is 0 Å². The Morgan fingerprint density at radius 1 is 0.388 bits per heavy atom. The van der Waals surface area contributed by atoms with E-state index in [1.165, 1.54) is 0 Å². The van der Waals surface area contributed by atoms with Gasteiger partial charge in [-0.05, 0) is 0 Å². The monoisotopic (exact) mass is 762 g/mol. The van der Waals surface area contributed by atoms with Crippen molar-refractivity contribution in [3.63, 3.8) is 0 Å². The first kappa shape index (κ1) is 35.7. The van der Waals surface area contributed by atoms with E-state index >= 15 is 0 Å². The van der Waals surface area contributed by atoms with E-state index in [1.54, 1.807) is 0 Å². The molecule has 254 valence electrons. The third-order valence-corrected chi connectivity index (χ3v) is 7.17. The zero-order chi connectivity index (χ0) is 37.1. The van der Waals surface area contributed by atoms with E-state index in [0.717, 1.165) is 0 Å². The Balaban J connectivity index is 2.17. The van der Waals surface area contributed by atoms with Gasteiger partial charge in [0.05, 0.1) is 0 Å². The molecule has 0 atom stereocenters. The number of aromatic hydroxyl groups is 3. The molecule has 0 heterocycles. The maximum atomic E-state index is 12.8. The van der Waals surface area contributed by atoms with Gasteiger partial charge >= 0.3 is 267 Å². The second kappa shape index (κ2) is 13.7. The molecule has 3 aromatic carbocycles. The molecule has 0 radical (unpaired) electrons. The van der Waals surface area contributed by atoms with E-state index in [2.05, 4.69) is 11.5 Å². The van der Waals surface area contributed by atoms with Crippen molar-refractivity contribution in [3.05, 3.63) is 112 Å². The standard InChI is InChI=1S/C18H6AsN9O21/c29-16-10(23(38)39)1-7(20(32)33)4-13(16)26(44)47-19(48-27(45)14-5-8(21(34)35)2-11(17(14)30)24(40)41)49-28(46)15-6-9(22(36)37)3-12(18(15)31)25(42)43/h1-6H/p+3. The van der Waals surface area contributed by atoms with Crippen LogP contribution >= 0.6 is 0 Å². The molecule has 30 nitrogen and oxygen atoms in total. The number of rotatable bonds is 15. The summed E-state index contributed by atoms with van der Waals surface area (Å²) >= 11 is -5.32. The number of non-ortho nitro benzene ring substituents is 3. The number of nitrogens with zero attached hydrogens (tertiary/aromatic N) is 9. The Hall–Kier alpha value is -7.78. The van der Waals surface area contributed by atoms with Crippen LogP contribution in [0.25, 0.3) is 0 Å². The van der Waals surface area contributed by atoms with Gasteiger partial charge in [-0.15, -0.1) is 0 Å². The normalized spacial score (nSPS) is 10.5. The van der Waals surface area contributed by atoms with Gasteiger partial charge in [0.15, 0.2) is 0 Å². The Kier molecular flexibility index (Phi) is 9.97. The maximum absolute atomic E-state index is 12.8. The van der Waals surface area contributed by atoms with Gasteiger partial charge in [-0.3, -0.25) is 0 Å². The van der Waals surface area contributed by atoms with Crippen LogP contribution in [0.15, 0.2) is 36.4 Å². The fourth-order valence-corrected chi connectivity index (χ4v) is 4.78. The summed E-state index contributed by atoms with van der Waals surface area (Å²) in [6.07, 6.45) is 0. The number of nitro groups is 6. The molecular weight excluding hydrogens is 753 g/mol. The summed E-state index contributed by atoms with van der Waals surface area (Å²) in [6.45, 7) is 0. The van der Waals surface area contributed by atoms with Crippen LogP contribution in [0.4, 0.5) is 51.2 Å². The summed E-state index contributed by atoms with van der Waals surface area (Å²) in [4.78, 5) is 94.6. The quantitative estimate of drug-likeness (QED) is 0.114. The minimum absolute atomic E-state index is 0.150. The molecule has 31 heteroatoms. The molecule has 49 heavy (non-hydrogen) atoms. The van der Waals surface area contributed by atoms with Gasteiger partial charge in [0, 0.05) is 0 Å². The van der Waals surface area contributed by atoms with E-state index in [4.69, 9.17) is 0 Å². The molecule has 0 aliphatic heterocycles. The van der Waals surface area contributed by atoms with Crippen LogP contribution in [0.1, 0.15) is 0 Å². The fourth-order valence-electron chi connectivity index (χ4n) is 3.28. The number of nitro benzene ring substituents is 6. The van der Waals surface area contributed by atoms with Crippen molar-refractivity contribution in [1.82, 2.24) is 0 Å². The summed E-state index contributed by atoms with van der Waals surface area (Å²) in [5.41, 5.74) is -12.7. The van der Waals surface area contributed by atoms with Gasteiger partial charge < -0.3 is 0 Å². The summed E-state index contributed by atoms with van der Waals surface area (Å²) in [5, 5.41) is 97.9. The molecule has 0 saturated heterocycles. The van der Waals surface area contributed by atoms with Crippen molar-refractivity contribution >= 4 is 66.9 Å². The Labute approximate surface area is 267 Å². The van der Waals surface area contributed by atoms with Gasteiger partial charge in [0.2, 0.25) is 0 Å². The van der Waals surface area contributed by atoms with Crippen molar-refractivity contribution in [2.45, 2.75) is 0 Å². The number of hydrogen-bond acceptors (Lipinski definition) is 21. The minimum atomic E-state index is -5.32. The molecule has 0 amide bonds. The Morgan fingerprint density at radius 2 is 0.592 bits per heavy atom.